The van der Waals surface area contributed by atoms with Crippen LogP contribution in [0.2, 0.25) is 0 Å². The van der Waals surface area contributed by atoms with Gasteiger partial charge in [-0.2, -0.15) is 0 Å². The van der Waals surface area contributed by atoms with E-state index in [4.69, 9.17) is 11.0 Å². The van der Waals surface area contributed by atoms with Crippen LogP contribution in [-0.4, -0.2) is 17.7 Å². The van der Waals surface area contributed by atoms with Gasteiger partial charge in [0.1, 0.15) is 0 Å². The van der Waals surface area contributed by atoms with E-state index in [1.54, 1.807) is 0 Å². The first-order valence-corrected chi connectivity index (χ1v) is 15.2. The zero-order valence-electron chi connectivity index (χ0n) is 23.4. The molecule has 0 rings (SSSR count). The Kier molecular flexibility index (Phi) is 36.1. The van der Waals surface area contributed by atoms with Gasteiger partial charge in [-0.3, -0.25) is 4.79 Å². The second-order valence-electron chi connectivity index (χ2n) is 10.1. The maximum absolute atomic E-state index is 10.3. The normalized spacial score (nSPS) is 10.8. The fourth-order valence-electron chi connectivity index (χ4n) is 4.32. The second kappa shape index (κ2) is 34.6. The smallest absolute Gasteiger partial charge is 0.303 e. The molecule has 0 saturated heterocycles. The van der Waals surface area contributed by atoms with Crippen molar-refractivity contribution in [3.8, 4) is 0 Å². The lowest BCUT2D eigenvalue weighted by Crippen LogP contribution is -2.00. The maximum Gasteiger partial charge on any atom is 0.303 e. The number of unbranched alkanes of at least 4 members (excludes halogenated alkanes) is 23. The van der Waals surface area contributed by atoms with Gasteiger partial charge >= 0.3 is 5.97 Å². The molecule has 0 amide bonds. The van der Waals surface area contributed by atoms with Gasteiger partial charge in [0.25, 0.3) is 0 Å². The number of hydrogen-bond donors (Lipinski definition) is 2. The molecular weight excluding hydrogens is 422 g/mol. The van der Waals surface area contributed by atoms with E-state index in [0.29, 0.717) is 6.42 Å². The average Bonchev–Trinajstić information content (AvgIpc) is 2.83. The highest BCUT2D eigenvalue weighted by molar-refractivity contribution is 5.66. The Hall–Kier alpha value is -0.610. The maximum atomic E-state index is 10.3. The lowest BCUT2D eigenvalue weighted by molar-refractivity contribution is -0.137. The number of carboxylic acid groups (broad SMARTS) is 1. The quantitative estimate of drug-likeness (QED) is 0.0896. The number of rotatable bonds is 27. The van der Waals surface area contributed by atoms with Crippen molar-refractivity contribution in [2.45, 2.75) is 181 Å². The van der Waals surface area contributed by atoms with Crippen LogP contribution in [0.15, 0.2) is 0 Å². The monoisotopic (exact) mass is 485 g/mol. The van der Waals surface area contributed by atoms with Crippen LogP contribution in [0.1, 0.15) is 181 Å². The molecule has 3 N–H and O–H groups in total. The van der Waals surface area contributed by atoms with Crippen LogP contribution in [0, 0.1) is 0 Å². The molecule has 0 heterocycles. The molecule has 0 saturated carbocycles. The zero-order valence-corrected chi connectivity index (χ0v) is 23.4. The van der Waals surface area contributed by atoms with Gasteiger partial charge in [-0.15, -0.1) is 0 Å². The standard InChI is InChI=1S/C18H36O2.C12H27NO/c1-2-3-4-5-6-7-8-9-10-11-12-13-14-15-16-17-18(19)20;1-2-3-4-5-6-7-8-9-10-11-12-14-13/h2-17H2,1H3,(H,19,20);2-13H2,1H3. The molecule has 0 aliphatic carbocycles. The molecule has 0 aliphatic heterocycles. The highest BCUT2D eigenvalue weighted by Gasteiger charge is 1.97. The van der Waals surface area contributed by atoms with E-state index in [1.807, 2.05) is 0 Å². The first-order chi connectivity index (χ1) is 16.7. The third-order valence-electron chi connectivity index (χ3n) is 6.61. The average molecular weight is 486 g/mol. The molecule has 0 aromatic rings. The molecule has 0 unspecified atom stereocenters. The highest BCUT2D eigenvalue weighted by Crippen LogP contribution is 2.14. The van der Waals surface area contributed by atoms with Crippen LogP contribution in [0.5, 0.6) is 0 Å². The molecule has 0 aliphatic rings. The third kappa shape index (κ3) is 38.6. The summed E-state index contributed by atoms with van der Waals surface area (Å²) in [7, 11) is 0. The lowest BCUT2D eigenvalue weighted by Gasteiger charge is -2.03. The topological polar surface area (TPSA) is 72.5 Å². The first kappa shape index (κ1) is 35.6. The molecule has 0 aromatic carbocycles. The van der Waals surface area contributed by atoms with Crippen molar-refractivity contribution in [2.75, 3.05) is 6.61 Å². The molecule has 4 nitrogen and oxygen atoms in total. The van der Waals surface area contributed by atoms with Gasteiger partial charge in [0.2, 0.25) is 0 Å². The molecule has 0 bridgehead atoms. The molecule has 4 heteroatoms. The largest absolute Gasteiger partial charge is 0.481 e. The SMILES string of the molecule is CCCCCCCCCCCCCCCCCC(=O)O.CCCCCCCCCCCCON. The summed E-state index contributed by atoms with van der Waals surface area (Å²) in [6.07, 6.45) is 33.8. The summed E-state index contributed by atoms with van der Waals surface area (Å²) in [5.74, 6) is 4.28. The summed E-state index contributed by atoms with van der Waals surface area (Å²) in [5.41, 5.74) is 0. The summed E-state index contributed by atoms with van der Waals surface area (Å²) in [6.45, 7) is 5.25. The molecule has 0 aromatic heterocycles. The first-order valence-electron chi connectivity index (χ1n) is 15.2. The van der Waals surface area contributed by atoms with Crippen molar-refractivity contribution in [2.24, 2.45) is 5.90 Å². The predicted molar refractivity (Wildman–Crippen MR) is 149 cm³/mol. The van der Waals surface area contributed by atoms with Gasteiger partial charge < -0.3 is 9.94 Å². The van der Waals surface area contributed by atoms with Crippen molar-refractivity contribution in [1.29, 1.82) is 0 Å². The Morgan fingerprint density at radius 3 is 1.03 bits per heavy atom. The van der Waals surface area contributed by atoms with E-state index in [1.165, 1.54) is 141 Å². The van der Waals surface area contributed by atoms with Gasteiger partial charge in [-0.05, 0) is 12.8 Å². The Bertz CT molecular complexity index is 351. The molecule has 0 radical (unpaired) electrons. The third-order valence-corrected chi connectivity index (χ3v) is 6.61. The number of carbonyl (C=O) groups is 1. The summed E-state index contributed by atoms with van der Waals surface area (Å²) in [5, 5.41) is 8.52. The summed E-state index contributed by atoms with van der Waals surface area (Å²) >= 11 is 0. The number of nitrogens with two attached hydrogens (primary N) is 1. The van der Waals surface area contributed by atoms with Crippen molar-refractivity contribution in [3.05, 3.63) is 0 Å². The van der Waals surface area contributed by atoms with Gasteiger partial charge in [0.15, 0.2) is 0 Å². The molecular formula is C30H63NO3. The minimum atomic E-state index is -0.653. The van der Waals surface area contributed by atoms with Crippen LogP contribution >= 0.6 is 0 Å². The fraction of sp³-hybridized carbons (Fsp3) is 0.967. The van der Waals surface area contributed by atoms with E-state index in [9.17, 15) is 4.79 Å². The van der Waals surface area contributed by atoms with Crippen LogP contribution < -0.4 is 5.90 Å². The molecule has 0 atom stereocenters. The summed E-state index contributed by atoms with van der Waals surface area (Å²) in [6, 6.07) is 0. The second-order valence-corrected chi connectivity index (χ2v) is 10.1. The fourth-order valence-corrected chi connectivity index (χ4v) is 4.32. The number of carboxylic acids is 1. The van der Waals surface area contributed by atoms with Crippen LogP contribution in [-0.2, 0) is 9.63 Å². The summed E-state index contributed by atoms with van der Waals surface area (Å²) in [4.78, 5) is 14.8. The van der Waals surface area contributed by atoms with E-state index < -0.39 is 5.97 Å². The van der Waals surface area contributed by atoms with E-state index in [-0.39, 0.29) is 0 Å². The molecule has 0 fully saturated rings. The van der Waals surface area contributed by atoms with Crippen LogP contribution in [0.3, 0.4) is 0 Å². The van der Waals surface area contributed by atoms with Crippen molar-refractivity contribution in [1.82, 2.24) is 0 Å². The lowest BCUT2D eigenvalue weighted by atomic mass is 10.0. The number of aliphatic carboxylic acids is 1. The Balaban J connectivity index is 0. The van der Waals surface area contributed by atoms with Crippen LogP contribution in [0.25, 0.3) is 0 Å². The predicted octanol–water partition coefficient (Wildman–Crippen LogP) is 10.1. The molecule has 34 heavy (non-hydrogen) atoms. The van der Waals surface area contributed by atoms with Crippen molar-refractivity contribution >= 4 is 5.97 Å². The van der Waals surface area contributed by atoms with Crippen LogP contribution in [0.4, 0.5) is 0 Å². The van der Waals surface area contributed by atoms with Crippen molar-refractivity contribution in [3.63, 3.8) is 0 Å². The summed E-state index contributed by atoms with van der Waals surface area (Å²) < 4.78 is 0. The van der Waals surface area contributed by atoms with Gasteiger partial charge in [-0.25, -0.2) is 5.90 Å². The number of hydrogen-bond acceptors (Lipinski definition) is 3. The minimum absolute atomic E-state index is 0.345. The minimum Gasteiger partial charge on any atom is -0.481 e. The van der Waals surface area contributed by atoms with E-state index >= 15 is 0 Å². The van der Waals surface area contributed by atoms with Crippen molar-refractivity contribution < 1.29 is 14.7 Å². The zero-order chi connectivity index (χ0) is 25.4. The Morgan fingerprint density at radius 1 is 0.500 bits per heavy atom. The van der Waals surface area contributed by atoms with Gasteiger partial charge in [0, 0.05) is 6.42 Å². The Labute approximate surface area is 214 Å². The highest BCUT2D eigenvalue weighted by atomic mass is 16.6. The molecule has 0 spiro atoms. The van der Waals surface area contributed by atoms with E-state index in [0.717, 1.165) is 25.9 Å². The van der Waals surface area contributed by atoms with E-state index in [2.05, 4.69) is 18.7 Å². The Morgan fingerprint density at radius 2 is 0.765 bits per heavy atom. The van der Waals surface area contributed by atoms with Gasteiger partial charge in [0.05, 0.1) is 6.61 Å². The molecule has 206 valence electrons. The van der Waals surface area contributed by atoms with Gasteiger partial charge in [-0.1, -0.05) is 162 Å².